The first kappa shape index (κ1) is 9.97. The number of benzene rings is 2. The molecule has 3 rings (SSSR count). The van der Waals surface area contributed by atoms with Crippen molar-refractivity contribution in [1.82, 2.24) is 4.98 Å². The molecule has 0 atom stereocenters. The summed E-state index contributed by atoms with van der Waals surface area (Å²) in [5.74, 6) is -0.319. The zero-order chi connectivity index (χ0) is 11.7. The van der Waals surface area contributed by atoms with Crippen molar-refractivity contribution in [2.45, 2.75) is 0 Å². The van der Waals surface area contributed by atoms with Gasteiger partial charge in [0.15, 0.2) is 0 Å². The third-order valence-corrected chi connectivity index (χ3v) is 2.72. The third-order valence-electron chi connectivity index (χ3n) is 2.72. The molecule has 0 saturated heterocycles. The maximum absolute atomic E-state index is 13.6. The topological polar surface area (TPSA) is 12.9 Å². The van der Waals surface area contributed by atoms with E-state index in [0.717, 1.165) is 16.6 Å². The molecule has 0 aliphatic heterocycles. The van der Waals surface area contributed by atoms with Crippen molar-refractivity contribution in [3.8, 4) is 11.3 Å². The third kappa shape index (κ3) is 1.78. The van der Waals surface area contributed by atoms with Crippen LogP contribution in [-0.4, -0.2) is 4.98 Å². The second-order valence-electron chi connectivity index (χ2n) is 3.81. The first-order chi connectivity index (χ1) is 8.34. The predicted octanol–water partition coefficient (Wildman–Crippen LogP) is 3.84. The van der Waals surface area contributed by atoms with E-state index in [4.69, 9.17) is 0 Å². The van der Waals surface area contributed by atoms with Gasteiger partial charge in [0.2, 0.25) is 0 Å². The van der Waals surface area contributed by atoms with Gasteiger partial charge in [0, 0.05) is 23.2 Å². The number of rotatable bonds is 1. The van der Waals surface area contributed by atoms with Crippen LogP contribution in [0.3, 0.4) is 0 Å². The van der Waals surface area contributed by atoms with E-state index in [-0.39, 0.29) is 5.82 Å². The van der Waals surface area contributed by atoms with Crippen LogP contribution in [0.15, 0.2) is 54.7 Å². The number of halogens is 1. The van der Waals surface area contributed by atoms with Crippen LogP contribution in [0.5, 0.6) is 0 Å². The Kier molecular flexibility index (Phi) is 2.33. The minimum atomic E-state index is -0.319. The van der Waals surface area contributed by atoms with Crippen LogP contribution in [-0.2, 0) is 0 Å². The molecule has 3 aromatic rings. The van der Waals surface area contributed by atoms with Gasteiger partial charge in [-0.3, -0.25) is 4.98 Å². The molecule has 1 aromatic heterocycles. The molecule has 0 fully saturated rings. The van der Waals surface area contributed by atoms with E-state index < -0.39 is 0 Å². The quantitative estimate of drug-likeness (QED) is 0.609. The Labute approximate surface area is 98.6 Å². The number of hydrogen-bond donors (Lipinski definition) is 0. The molecule has 2 aromatic carbocycles. The maximum Gasteiger partial charge on any atom is 0.138 e. The lowest BCUT2D eigenvalue weighted by atomic mass is 10.0. The van der Waals surface area contributed by atoms with E-state index in [1.165, 1.54) is 0 Å². The van der Waals surface area contributed by atoms with Crippen LogP contribution in [0.25, 0.3) is 22.0 Å². The summed E-state index contributed by atoms with van der Waals surface area (Å²) in [7, 11) is 0. The Morgan fingerprint density at radius 3 is 2.82 bits per heavy atom. The van der Waals surface area contributed by atoms with E-state index in [2.05, 4.69) is 11.1 Å². The van der Waals surface area contributed by atoms with E-state index >= 15 is 0 Å². The van der Waals surface area contributed by atoms with Gasteiger partial charge in [-0.1, -0.05) is 30.3 Å². The largest absolute Gasteiger partial charge is 0.256 e. The lowest BCUT2D eigenvalue weighted by molar-refractivity contribution is 0.637. The first-order valence-corrected chi connectivity index (χ1v) is 5.36. The summed E-state index contributed by atoms with van der Waals surface area (Å²) >= 11 is 0. The average molecular weight is 222 g/mol. The van der Waals surface area contributed by atoms with Gasteiger partial charge in [-0.2, -0.15) is 0 Å². The van der Waals surface area contributed by atoms with Gasteiger partial charge in [0.1, 0.15) is 5.82 Å². The highest BCUT2D eigenvalue weighted by Gasteiger charge is 2.03. The monoisotopic (exact) mass is 222 g/mol. The average Bonchev–Trinajstić information content (AvgIpc) is 2.40. The summed E-state index contributed by atoms with van der Waals surface area (Å²) in [4.78, 5) is 4.25. The van der Waals surface area contributed by atoms with Crippen LogP contribution in [0.2, 0.25) is 0 Å². The maximum atomic E-state index is 13.6. The number of aromatic nitrogens is 1. The highest BCUT2D eigenvalue weighted by atomic mass is 19.1. The zero-order valence-electron chi connectivity index (χ0n) is 9.02. The molecule has 1 radical (unpaired) electrons. The van der Waals surface area contributed by atoms with Crippen LogP contribution < -0.4 is 0 Å². The highest BCUT2D eigenvalue weighted by molar-refractivity contribution is 5.87. The summed E-state index contributed by atoms with van der Waals surface area (Å²) in [5, 5.41) is 1.46. The molecule has 1 nitrogen and oxygen atoms in total. The van der Waals surface area contributed by atoms with Gasteiger partial charge in [-0.25, -0.2) is 4.39 Å². The van der Waals surface area contributed by atoms with Crippen LogP contribution in [0, 0.1) is 11.9 Å². The fraction of sp³-hybridized carbons (Fsp3) is 0. The van der Waals surface area contributed by atoms with Gasteiger partial charge < -0.3 is 0 Å². The molecule has 2 heteroatoms. The SMILES string of the molecule is Fc1[c]ccc2ccc(-c3ccccn3)cc12. The van der Waals surface area contributed by atoms with Gasteiger partial charge in [0.05, 0.1) is 5.69 Å². The van der Waals surface area contributed by atoms with E-state index in [1.54, 1.807) is 12.3 Å². The first-order valence-electron chi connectivity index (χ1n) is 5.36. The second-order valence-corrected chi connectivity index (χ2v) is 3.81. The highest BCUT2D eigenvalue weighted by Crippen LogP contribution is 2.24. The normalized spacial score (nSPS) is 10.6. The van der Waals surface area contributed by atoms with Crippen molar-refractivity contribution < 1.29 is 4.39 Å². The van der Waals surface area contributed by atoms with Gasteiger partial charge in [-0.05, 0) is 23.6 Å². The summed E-state index contributed by atoms with van der Waals surface area (Å²) < 4.78 is 13.6. The number of fused-ring (bicyclic) bond motifs is 1. The zero-order valence-corrected chi connectivity index (χ0v) is 9.02. The predicted molar refractivity (Wildman–Crippen MR) is 66.0 cm³/mol. The molecule has 1 heterocycles. The Morgan fingerprint density at radius 2 is 2.00 bits per heavy atom. The molecule has 0 unspecified atom stereocenters. The Balaban J connectivity index is 2.23. The van der Waals surface area contributed by atoms with Crippen molar-refractivity contribution >= 4 is 10.8 Å². The van der Waals surface area contributed by atoms with Gasteiger partial charge in [0.25, 0.3) is 0 Å². The summed E-state index contributed by atoms with van der Waals surface area (Å²) in [6.45, 7) is 0. The summed E-state index contributed by atoms with van der Waals surface area (Å²) in [6.07, 6.45) is 1.73. The van der Waals surface area contributed by atoms with Crippen molar-refractivity contribution in [3.05, 3.63) is 66.6 Å². The molecule has 0 aliphatic rings. The molecular formula is C15H9FN. The van der Waals surface area contributed by atoms with E-state index in [0.29, 0.717) is 5.39 Å². The fourth-order valence-electron chi connectivity index (χ4n) is 1.87. The van der Waals surface area contributed by atoms with E-state index in [9.17, 15) is 4.39 Å². The fourth-order valence-corrected chi connectivity index (χ4v) is 1.87. The molecule has 0 N–H and O–H groups in total. The molecule has 0 amide bonds. The molecule has 0 aliphatic carbocycles. The van der Waals surface area contributed by atoms with Gasteiger partial charge >= 0.3 is 0 Å². The smallest absolute Gasteiger partial charge is 0.138 e. The molecule has 81 valence electrons. The van der Waals surface area contributed by atoms with Crippen molar-refractivity contribution in [2.24, 2.45) is 0 Å². The van der Waals surface area contributed by atoms with Crippen molar-refractivity contribution in [3.63, 3.8) is 0 Å². The number of hydrogen-bond acceptors (Lipinski definition) is 1. The summed E-state index contributed by atoms with van der Waals surface area (Å²) in [5.41, 5.74) is 1.76. The van der Waals surface area contributed by atoms with Gasteiger partial charge in [-0.15, -0.1) is 0 Å². The number of nitrogens with zero attached hydrogens (tertiary/aromatic N) is 1. The standard InChI is InChI=1S/C15H9FN/c16-14-5-3-4-11-7-8-12(10-13(11)14)15-6-1-2-9-17-15/h1-4,6-10H. The Hall–Kier alpha value is -2.22. The lowest BCUT2D eigenvalue weighted by Gasteiger charge is -2.03. The van der Waals surface area contributed by atoms with Crippen LogP contribution in [0.1, 0.15) is 0 Å². The molecule has 17 heavy (non-hydrogen) atoms. The van der Waals surface area contributed by atoms with E-state index in [1.807, 2.05) is 42.5 Å². The molecule has 0 bridgehead atoms. The molecule has 0 saturated carbocycles. The van der Waals surface area contributed by atoms with Crippen LogP contribution in [0.4, 0.5) is 4.39 Å². The summed E-state index contributed by atoms with van der Waals surface area (Å²) in [6, 6.07) is 17.4. The van der Waals surface area contributed by atoms with Crippen molar-refractivity contribution in [2.75, 3.05) is 0 Å². The lowest BCUT2D eigenvalue weighted by Crippen LogP contribution is -1.84. The Bertz CT molecular complexity index is 662. The molecular weight excluding hydrogens is 213 g/mol. The Morgan fingerprint density at radius 1 is 1.06 bits per heavy atom. The second kappa shape index (κ2) is 3.98. The minimum Gasteiger partial charge on any atom is -0.256 e. The minimum absolute atomic E-state index is 0.319. The molecule has 0 spiro atoms. The number of pyridine rings is 1. The van der Waals surface area contributed by atoms with Crippen LogP contribution >= 0.6 is 0 Å². The van der Waals surface area contributed by atoms with Crippen molar-refractivity contribution in [1.29, 1.82) is 0 Å².